The van der Waals surface area contributed by atoms with E-state index in [9.17, 15) is 22.0 Å². The molecule has 1 N–H and O–H groups in total. The van der Waals surface area contributed by atoms with Crippen LogP contribution in [0.15, 0.2) is 42.5 Å². The molecule has 2 aliphatic carbocycles. The maximum Gasteiger partial charge on any atom is 0.229 e. The van der Waals surface area contributed by atoms with Crippen LogP contribution in [0.1, 0.15) is 31.7 Å². The Bertz CT molecular complexity index is 1230. The summed E-state index contributed by atoms with van der Waals surface area (Å²) in [6.45, 7) is 2.16. The van der Waals surface area contributed by atoms with Gasteiger partial charge >= 0.3 is 0 Å². The highest BCUT2D eigenvalue weighted by atomic mass is 32.2. The second-order valence-electron chi connectivity index (χ2n) is 9.76. The molecule has 0 radical (unpaired) electrons. The van der Waals surface area contributed by atoms with Gasteiger partial charge in [-0.15, -0.1) is 0 Å². The third-order valence-corrected chi connectivity index (χ3v) is 8.38. The van der Waals surface area contributed by atoms with E-state index in [2.05, 4.69) is 4.72 Å². The van der Waals surface area contributed by atoms with E-state index in [4.69, 9.17) is 0 Å². The Morgan fingerprint density at radius 1 is 1.09 bits per heavy atom. The summed E-state index contributed by atoms with van der Waals surface area (Å²) in [4.78, 5) is 14.9. The lowest BCUT2D eigenvalue weighted by Crippen LogP contribution is -2.50. The number of nitrogens with one attached hydrogen (secondary N) is 1. The standard InChI is InChI=1S/C24H25F3N2O3S/c1-14(28-33(2,31)32)23-10-15(11-23)29(13-23)22(30)18-12-24(18,27)17-7-4-3-6-16(17)21-19(25)8-5-9-20(21)26/h3-9,14-15,18,28H,10-13H2,1-2H3/t14?,15?,18-,23?,24+/m0/s1. The number of alkyl halides is 1. The van der Waals surface area contributed by atoms with Gasteiger partial charge in [0, 0.05) is 30.5 Å². The second kappa shape index (κ2) is 7.30. The summed E-state index contributed by atoms with van der Waals surface area (Å²) >= 11 is 0. The first-order valence-electron chi connectivity index (χ1n) is 11.0. The zero-order valence-electron chi connectivity index (χ0n) is 18.3. The van der Waals surface area contributed by atoms with Crippen molar-refractivity contribution in [1.82, 2.24) is 9.62 Å². The van der Waals surface area contributed by atoms with Crippen LogP contribution in [0.3, 0.4) is 0 Å². The number of hydrogen-bond acceptors (Lipinski definition) is 3. The van der Waals surface area contributed by atoms with Gasteiger partial charge in [-0.2, -0.15) is 0 Å². The fourth-order valence-electron chi connectivity index (χ4n) is 5.73. The highest BCUT2D eigenvalue weighted by Gasteiger charge is 2.67. The smallest absolute Gasteiger partial charge is 0.229 e. The van der Waals surface area contributed by atoms with Gasteiger partial charge in [0.1, 0.15) is 17.3 Å². The van der Waals surface area contributed by atoms with Gasteiger partial charge in [0.15, 0.2) is 0 Å². The lowest BCUT2D eigenvalue weighted by atomic mass is 9.66. The molecule has 2 aromatic carbocycles. The van der Waals surface area contributed by atoms with Crippen LogP contribution in [-0.2, 0) is 20.5 Å². The highest BCUT2D eigenvalue weighted by molar-refractivity contribution is 7.88. The topological polar surface area (TPSA) is 66.5 Å². The number of carbonyl (C=O) groups is 1. The quantitative estimate of drug-likeness (QED) is 0.688. The molecular weight excluding hydrogens is 453 g/mol. The monoisotopic (exact) mass is 478 g/mol. The van der Waals surface area contributed by atoms with E-state index < -0.39 is 33.2 Å². The molecular formula is C24H25F3N2O3S. The van der Waals surface area contributed by atoms with Gasteiger partial charge in [0.25, 0.3) is 0 Å². The molecule has 2 saturated carbocycles. The summed E-state index contributed by atoms with van der Waals surface area (Å²) in [5.41, 5.74) is -2.42. The van der Waals surface area contributed by atoms with Crippen molar-refractivity contribution in [2.75, 3.05) is 12.8 Å². The van der Waals surface area contributed by atoms with E-state index in [1.165, 1.54) is 18.2 Å². The molecule has 5 nitrogen and oxygen atoms in total. The van der Waals surface area contributed by atoms with Crippen LogP contribution in [0.5, 0.6) is 0 Å². The van der Waals surface area contributed by atoms with Crippen LogP contribution in [0.2, 0.25) is 0 Å². The number of fused-ring (bicyclic) bond motifs is 1. The van der Waals surface area contributed by atoms with Gasteiger partial charge in [-0.25, -0.2) is 26.3 Å². The van der Waals surface area contributed by atoms with Crippen molar-refractivity contribution in [2.24, 2.45) is 11.3 Å². The Kier molecular flexibility index (Phi) is 4.96. The van der Waals surface area contributed by atoms with Gasteiger partial charge in [-0.05, 0) is 43.0 Å². The Labute approximate surface area is 191 Å². The molecule has 2 saturated heterocycles. The average Bonchev–Trinajstić information content (AvgIpc) is 3.07. The van der Waals surface area contributed by atoms with Crippen LogP contribution in [-0.4, -0.2) is 44.1 Å². The van der Waals surface area contributed by atoms with Crippen molar-refractivity contribution >= 4 is 15.9 Å². The Balaban J connectivity index is 1.38. The predicted molar refractivity (Wildman–Crippen MR) is 117 cm³/mol. The van der Waals surface area contributed by atoms with Crippen LogP contribution < -0.4 is 4.72 Å². The lowest BCUT2D eigenvalue weighted by Gasteiger charge is -2.41. The molecule has 1 unspecified atom stereocenters. The van der Waals surface area contributed by atoms with Crippen molar-refractivity contribution < 1.29 is 26.4 Å². The second-order valence-corrected chi connectivity index (χ2v) is 11.5. The van der Waals surface area contributed by atoms with E-state index in [0.29, 0.717) is 19.4 Å². The maximum absolute atomic E-state index is 16.0. The van der Waals surface area contributed by atoms with Crippen molar-refractivity contribution in [2.45, 2.75) is 43.9 Å². The number of halogens is 3. The number of rotatable bonds is 6. The number of sulfonamides is 1. The summed E-state index contributed by atoms with van der Waals surface area (Å²) in [6, 6.07) is 9.26. The summed E-state index contributed by atoms with van der Waals surface area (Å²) < 4.78 is 70.8. The van der Waals surface area contributed by atoms with E-state index >= 15 is 4.39 Å². The van der Waals surface area contributed by atoms with Gasteiger partial charge in [-0.3, -0.25) is 4.79 Å². The Morgan fingerprint density at radius 2 is 1.73 bits per heavy atom. The Morgan fingerprint density at radius 3 is 2.36 bits per heavy atom. The average molecular weight is 479 g/mol. The minimum Gasteiger partial charge on any atom is -0.339 e. The third-order valence-electron chi connectivity index (χ3n) is 7.60. The Hall–Kier alpha value is -2.39. The van der Waals surface area contributed by atoms with Crippen LogP contribution in [0.25, 0.3) is 11.1 Å². The van der Waals surface area contributed by atoms with Crippen molar-refractivity contribution in [1.29, 1.82) is 0 Å². The number of amides is 1. The van der Waals surface area contributed by atoms with Crippen molar-refractivity contribution in [3.05, 3.63) is 59.7 Å². The normalized spacial score (nSPS) is 31.2. The first-order chi connectivity index (χ1) is 15.5. The highest BCUT2D eigenvalue weighted by Crippen LogP contribution is 2.61. The van der Waals surface area contributed by atoms with Gasteiger partial charge in [0.2, 0.25) is 15.9 Å². The largest absolute Gasteiger partial charge is 0.339 e. The van der Waals surface area contributed by atoms with Crippen molar-refractivity contribution in [3.63, 3.8) is 0 Å². The van der Waals surface area contributed by atoms with E-state index in [-0.39, 0.29) is 46.5 Å². The molecule has 33 heavy (non-hydrogen) atoms. The summed E-state index contributed by atoms with van der Waals surface area (Å²) in [6.07, 6.45) is 2.40. The number of benzene rings is 2. The molecule has 2 heterocycles. The fraction of sp³-hybridized carbons (Fsp3) is 0.458. The third kappa shape index (κ3) is 3.56. The fourth-order valence-corrected chi connectivity index (χ4v) is 6.62. The summed E-state index contributed by atoms with van der Waals surface area (Å²) in [5, 5.41) is 0. The molecule has 0 spiro atoms. The number of carbonyl (C=O) groups excluding carboxylic acids is 1. The lowest BCUT2D eigenvalue weighted by molar-refractivity contribution is -0.133. The molecule has 1 amide bonds. The SMILES string of the molecule is CC(NS(C)(=O)=O)C12CC(C1)N(C(=O)[C@@H]1C[C@@]1(F)c1ccccc1-c1c(F)cccc1F)C2. The first kappa shape index (κ1) is 22.4. The first-order valence-corrected chi connectivity index (χ1v) is 12.8. The zero-order valence-corrected chi connectivity index (χ0v) is 19.1. The van der Waals surface area contributed by atoms with Gasteiger partial charge in [0.05, 0.1) is 17.7 Å². The molecule has 176 valence electrons. The molecule has 2 aromatic rings. The van der Waals surface area contributed by atoms with Crippen LogP contribution in [0, 0.1) is 23.0 Å². The summed E-state index contributed by atoms with van der Waals surface area (Å²) in [5.74, 6) is -2.83. The molecule has 2 bridgehead atoms. The summed E-state index contributed by atoms with van der Waals surface area (Å²) in [7, 11) is -3.38. The van der Waals surface area contributed by atoms with Gasteiger partial charge < -0.3 is 4.90 Å². The van der Waals surface area contributed by atoms with Gasteiger partial charge in [-0.1, -0.05) is 30.3 Å². The van der Waals surface area contributed by atoms with E-state index in [0.717, 1.165) is 18.4 Å². The zero-order chi connectivity index (χ0) is 23.8. The predicted octanol–water partition coefficient (Wildman–Crippen LogP) is 3.75. The van der Waals surface area contributed by atoms with Crippen molar-refractivity contribution in [3.8, 4) is 11.1 Å². The minimum atomic E-state index is -3.38. The maximum atomic E-state index is 16.0. The molecule has 2 aliphatic heterocycles. The van der Waals surface area contributed by atoms with E-state index in [1.54, 1.807) is 24.0 Å². The number of nitrogens with zero attached hydrogens (tertiary/aromatic N) is 1. The molecule has 6 rings (SSSR count). The molecule has 4 aliphatic rings. The minimum absolute atomic E-state index is 0.0367. The van der Waals surface area contributed by atoms with E-state index in [1.807, 2.05) is 0 Å². The molecule has 9 heteroatoms. The molecule has 3 atom stereocenters. The molecule has 0 aromatic heterocycles. The van der Waals surface area contributed by atoms with Crippen LogP contribution in [0.4, 0.5) is 13.2 Å². The molecule has 4 fully saturated rings. The number of hydrogen-bond donors (Lipinski definition) is 1. The van der Waals surface area contributed by atoms with Crippen LogP contribution >= 0.6 is 0 Å².